The number of nitrogens with zero attached hydrogens (tertiary/aromatic N) is 1. The van der Waals surface area contributed by atoms with E-state index in [4.69, 9.17) is 4.74 Å². The van der Waals surface area contributed by atoms with Gasteiger partial charge >= 0.3 is 0 Å². The van der Waals surface area contributed by atoms with Crippen LogP contribution in [-0.4, -0.2) is 42.9 Å². The van der Waals surface area contributed by atoms with Gasteiger partial charge in [-0.1, -0.05) is 24.6 Å². The summed E-state index contributed by atoms with van der Waals surface area (Å²) in [6.45, 7) is 5.60. The van der Waals surface area contributed by atoms with E-state index < -0.39 is 0 Å². The Morgan fingerprint density at radius 1 is 1.21 bits per heavy atom. The Bertz CT molecular complexity index is 772. The highest BCUT2D eigenvalue weighted by Gasteiger charge is 2.52. The molecular weight excluding hydrogens is 346 g/mol. The van der Waals surface area contributed by atoms with Crippen LogP contribution >= 0.6 is 0 Å². The van der Waals surface area contributed by atoms with Gasteiger partial charge in [0.05, 0.1) is 12.7 Å². The third-order valence-corrected chi connectivity index (χ3v) is 8.57. The molecule has 1 aliphatic heterocycles. The first-order chi connectivity index (χ1) is 13.5. The molecule has 5 rings (SSSR count). The van der Waals surface area contributed by atoms with E-state index in [0.717, 1.165) is 31.4 Å². The second kappa shape index (κ2) is 7.18. The summed E-state index contributed by atoms with van der Waals surface area (Å²) >= 11 is 0. The topological polar surface area (TPSA) is 32.7 Å². The van der Waals surface area contributed by atoms with Crippen LogP contribution in [0.25, 0.3) is 0 Å². The summed E-state index contributed by atoms with van der Waals surface area (Å²) in [7, 11) is 2.19. The molecule has 4 aliphatic rings. The Kier molecular flexibility index (Phi) is 4.79. The summed E-state index contributed by atoms with van der Waals surface area (Å²) in [5.41, 5.74) is 4.99. The molecule has 2 saturated carbocycles. The van der Waals surface area contributed by atoms with Crippen LogP contribution in [0.3, 0.4) is 0 Å². The van der Waals surface area contributed by atoms with Gasteiger partial charge in [-0.15, -0.1) is 0 Å². The van der Waals surface area contributed by atoms with E-state index in [2.05, 4.69) is 31.0 Å². The number of ether oxygens (including phenoxy) is 1. The molecule has 3 fully saturated rings. The quantitative estimate of drug-likeness (QED) is 0.756. The minimum absolute atomic E-state index is 0.380. The van der Waals surface area contributed by atoms with Crippen molar-refractivity contribution in [1.29, 1.82) is 0 Å². The maximum absolute atomic E-state index is 9.86. The highest BCUT2D eigenvalue weighted by Crippen LogP contribution is 2.62. The number of phenols is 1. The Balaban J connectivity index is 1.30. The van der Waals surface area contributed by atoms with Gasteiger partial charge in [0.1, 0.15) is 5.75 Å². The van der Waals surface area contributed by atoms with Gasteiger partial charge in [0.15, 0.2) is 0 Å². The van der Waals surface area contributed by atoms with Crippen LogP contribution in [0.4, 0.5) is 0 Å². The number of likely N-dealkylation sites (N-methyl/N-ethyl adjacent to an activating group) is 1. The van der Waals surface area contributed by atoms with Gasteiger partial charge in [-0.2, -0.15) is 0 Å². The molecule has 3 heteroatoms. The summed E-state index contributed by atoms with van der Waals surface area (Å²) in [5, 5.41) is 9.86. The van der Waals surface area contributed by atoms with E-state index in [9.17, 15) is 5.11 Å². The number of aromatic hydroxyl groups is 1. The smallest absolute Gasteiger partial charge is 0.115 e. The Hall–Kier alpha value is -1.32. The Labute approximate surface area is 169 Å². The molecule has 28 heavy (non-hydrogen) atoms. The van der Waals surface area contributed by atoms with Gasteiger partial charge in [-0.3, -0.25) is 0 Å². The number of allylic oxidation sites excluding steroid dienone is 1. The zero-order valence-corrected chi connectivity index (χ0v) is 17.5. The van der Waals surface area contributed by atoms with E-state index in [-0.39, 0.29) is 0 Å². The van der Waals surface area contributed by atoms with Crippen LogP contribution in [0.15, 0.2) is 29.8 Å². The standard InChI is InChI=1S/C25H35NO2/c1-25-12-9-22-21-7-5-19(27)15-17(21)3-6-23(22)24(25)8-4-18(25)11-14-28-20-10-13-26(2)16-20/h5,7,11,15,20,22-24,27H,3-4,6,8-10,12-14,16H2,1-2H3/b18-11+/t20-,22-,23-,24+,25-/m1/s1. The second-order valence-electron chi connectivity index (χ2n) is 10.0. The average molecular weight is 382 g/mol. The zero-order chi connectivity index (χ0) is 19.3. The summed E-state index contributed by atoms with van der Waals surface area (Å²) in [6.07, 6.45) is 11.7. The fourth-order valence-corrected chi connectivity index (χ4v) is 7.07. The molecule has 5 atom stereocenters. The molecule has 1 saturated heterocycles. The lowest BCUT2D eigenvalue weighted by molar-refractivity contribution is 0.0732. The van der Waals surface area contributed by atoms with Crippen LogP contribution in [-0.2, 0) is 11.2 Å². The SMILES string of the molecule is CN1CC[C@@H](OC/C=C2\CC[C@H]3[C@@H]4CCc5cc(O)ccc5[C@H]4CC[C@]23C)C1. The van der Waals surface area contributed by atoms with Crippen LogP contribution in [0.5, 0.6) is 5.75 Å². The van der Waals surface area contributed by atoms with E-state index >= 15 is 0 Å². The van der Waals surface area contributed by atoms with Crippen molar-refractivity contribution in [2.45, 2.75) is 63.9 Å². The highest BCUT2D eigenvalue weighted by molar-refractivity contribution is 5.40. The molecule has 152 valence electrons. The first kappa shape index (κ1) is 18.7. The van der Waals surface area contributed by atoms with E-state index in [0.29, 0.717) is 23.2 Å². The van der Waals surface area contributed by atoms with Crippen LogP contribution in [0.2, 0.25) is 0 Å². The molecule has 0 radical (unpaired) electrons. The lowest BCUT2D eigenvalue weighted by Gasteiger charge is -2.49. The van der Waals surface area contributed by atoms with E-state index in [1.165, 1.54) is 56.2 Å². The lowest BCUT2D eigenvalue weighted by Crippen LogP contribution is -2.40. The number of likely N-dealkylation sites (tertiary alicyclic amines) is 1. The van der Waals surface area contributed by atoms with Crippen LogP contribution < -0.4 is 0 Å². The monoisotopic (exact) mass is 381 g/mol. The van der Waals surface area contributed by atoms with Crippen molar-refractivity contribution >= 4 is 0 Å². The van der Waals surface area contributed by atoms with Gasteiger partial charge in [-0.05, 0) is 98.4 Å². The molecule has 0 bridgehead atoms. The summed E-state index contributed by atoms with van der Waals surface area (Å²) < 4.78 is 6.18. The van der Waals surface area contributed by atoms with E-state index in [1.807, 2.05) is 12.1 Å². The lowest BCUT2D eigenvalue weighted by atomic mass is 9.55. The van der Waals surface area contributed by atoms with Crippen molar-refractivity contribution < 1.29 is 9.84 Å². The molecule has 3 nitrogen and oxygen atoms in total. The minimum Gasteiger partial charge on any atom is -0.508 e. The molecule has 3 aliphatic carbocycles. The molecule has 1 aromatic rings. The van der Waals surface area contributed by atoms with Crippen molar-refractivity contribution in [1.82, 2.24) is 4.90 Å². The second-order valence-corrected chi connectivity index (χ2v) is 10.0. The molecule has 1 aromatic carbocycles. The van der Waals surface area contributed by atoms with Crippen molar-refractivity contribution in [3.8, 4) is 5.75 Å². The normalized spacial score (nSPS) is 39.0. The maximum Gasteiger partial charge on any atom is 0.115 e. The largest absolute Gasteiger partial charge is 0.508 e. The first-order valence-corrected chi connectivity index (χ1v) is 11.4. The average Bonchev–Trinajstić information content (AvgIpc) is 3.24. The molecule has 1 heterocycles. The predicted molar refractivity (Wildman–Crippen MR) is 113 cm³/mol. The third-order valence-electron chi connectivity index (χ3n) is 8.57. The number of hydrogen-bond acceptors (Lipinski definition) is 3. The number of fused-ring (bicyclic) bond motifs is 5. The number of phenolic OH excluding ortho intramolecular Hbond substituents is 1. The Morgan fingerprint density at radius 2 is 2.11 bits per heavy atom. The summed E-state index contributed by atoms with van der Waals surface area (Å²) in [4.78, 5) is 2.37. The Morgan fingerprint density at radius 3 is 2.93 bits per heavy atom. The van der Waals surface area contributed by atoms with Crippen molar-refractivity contribution in [2.24, 2.45) is 17.3 Å². The molecule has 0 unspecified atom stereocenters. The van der Waals surface area contributed by atoms with Gasteiger partial charge in [0.25, 0.3) is 0 Å². The van der Waals surface area contributed by atoms with Gasteiger partial charge in [-0.25, -0.2) is 0 Å². The van der Waals surface area contributed by atoms with E-state index in [1.54, 1.807) is 5.57 Å². The number of rotatable bonds is 3. The van der Waals surface area contributed by atoms with Crippen molar-refractivity contribution in [3.05, 3.63) is 41.0 Å². The summed E-state index contributed by atoms with van der Waals surface area (Å²) in [6, 6.07) is 6.12. The van der Waals surface area contributed by atoms with Gasteiger partial charge in [0.2, 0.25) is 0 Å². The molecule has 0 spiro atoms. The number of hydrogen-bond donors (Lipinski definition) is 1. The zero-order valence-electron chi connectivity index (χ0n) is 17.5. The van der Waals surface area contributed by atoms with Crippen LogP contribution in [0.1, 0.15) is 62.5 Å². The molecule has 1 N–H and O–H groups in total. The maximum atomic E-state index is 9.86. The molecular formula is C25H35NO2. The van der Waals surface area contributed by atoms with Crippen molar-refractivity contribution in [3.63, 3.8) is 0 Å². The van der Waals surface area contributed by atoms with Gasteiger partial charge < -0.3 is 14.7 Å². The predicted octanol–water partition coefficient (Wildman–Crippen LogP) is 4.90. The van der Waals surface area contributed by atoms with Crippen molar-refractivity contribution in [2.75, 3.05) is 26.7 Å². The minimum atomic E-state index is 0.380. The first-order valence-electron chi connectivity index (χ1n) is 11.4. The summed E-state index contributed by atoms with van der Waals surface area (Å²) in [5.74, 6) is 2.76. The number of aryl methyl sites for hydroxylation is 1. The highest BCUT2D eigenvalue weighted by atomic mass is 16.5. The molecule has 0 amide bonds. The fraction of sp³-hybridized carbons (Fsp3) is 0.680. The molecule has 0 aromatic heterocycles. The van der Waals surface area contributed by atoms with Crippen LogP contribution in [0, 0.1) is 17.3 Å². The number of benzene rings is 1. The van der Waals surface area contributed by atoms with Gasteiger partial charge in [0, 0.05) is 13.1 Å². The third kappa shape index (κ3) is 3.11. The fourth-order valence-electron chi connectivity index (χ4n) is 7.07.